The zero-order valence-electron chi connectivity index (χ0n) is 15.3. The van der Waals surface area contributed by atoms with Gasteiger partial charge < -0.3 is 4.74 Å². The predicted molar refractivity (Wildman–Crippen MR) is 114 cm³/mol. The standard InChI is InChI=1S/C21H14BrN3O5/c22-17-8-6-14(7-9-17)20(26)24-23-13-16-12-18(25(28)29)10-11-19(16)30-21(27)15-4-2-1-3-5-15/h1-13H,(H,24,26)/b23-13+. The van der Waals surface area contributed by atoms with E-state index in [-0.39, 0.29) is 17.0 Å². The summed E-state index contributed by atoms with van der Waals surface area (Å²) in [6.45, 7) is 0. The number of halogens is 1. The molecule has 0 aliphatic carbocycles. The number of nitro benzene ring substituents is 1. The SMILES string of the molecule is O=C(N/N=C/c1cc([N+](=O)[O-])ccc1OC(=O)c1ccccc1)c1ccc(Br)cc1. The monoisotopic (exact) mass is 467 g/mol. The zero-order chi connectivity index (χ0) is 21.5. The Morgan fingerprint density at radius 1 is 1.00 bits per heavy atom. The van der Waals surface area contributed by atoms with Gasteiger partial charge in [0.1, 0.15) is 5.75 Å². The Morgan fingerprint density at radius 2 is 1.70 bits per heavy atom. The second-order valence-corrected chi connectivity index (χ2v) is 6.86. The summed E-state index contributed by atoms with van der Waals surface area (Å²) < 4.78 is 6.17. The first-order valence-corrected chi connectivity index (χ1v) is 9.38. The van der Waals surface area contributed by atoms with Crippen LogP contribution in [0.15, 0.2) is 82.4 Å². The Hall–Kier alpha value is -3.85. The van der Waals surface area contributed by atoms with Crippen molar-refractivity contribution in [3.05, 3.63) is 104 Å². The van der Waals surface area contributed by atoms with Crippen LogP contribution < -0.4 is 10.2 Å². The minimum atomic E-state index is -0.627. The average Bonchev–Trinajstić information content (AvgIpc) is 2.75. The number of nitrogens with one attached hydrogen (secondary N) is 1. The van der Waals surface area contributed by atoms with Gasteiger partial charge in [0, 0.05) is 27.7 Å². The van der Waals surface area contributed by atoms with E-state index in [4.69, 9.17) is 4.74 Å². The molecule has 0 aliphatic rings. The van der Waals surface area contributed by atoms with Gasteiger partial charge >= 0.3 is 5.97 Å². The molecular weight excluding hydrogens is 454 g/mol. The van der Waals surface area contributed by atoms with Crippen LogP contribution in [-0.4, -0.2) is 23.0 Å². The van der Waals surface area contributed by atoms with E-state index >= 15 is 0 Å². The van der Waals surface area contributed by atoms with Crippen LogP contribution in [0.25, 0.3) is 0 Å². The summed E-state index contributed by atoms with van der Waals surface area (Å²) in [5.41, 5.74) is 2.98. The van der Waals surface area contributed by atoms with Crippen molar-refractivity contribution in [1.29, 1.82) is 0 Å². The molecule has 150 valence electrons. The lowest BCUT2D eigenvalue weighted by Gasteiger charge is -2.07. The molecule has 0 fully saturated rings. The van der Waals surface area contributed by atoms with Gasteiger partial charge in [-0.3, -0.25) is 14.9 Å². The topological polar surface area (TPSA) is 111 Å². The second-order valence-electron chi connectivity index (χ2n) is 5.94. The number of ether oxygens (including phenoxy) is 1. The highest BCUT2D eigenvalue weighted by Gasteiger charge is 2.15. The highest BCUT2D eigenvalue weighted by atomic mass is 79.9. The second kappa shape index (κ2) is 9.57. The van der Waals surface area contributed by atoms with Crippen molar-refractivity contribution < 1.29 is 19.2 Å². The van der Waals surface area contributed by atoms with E-state index in [9.17, 15) is 19.7 Å². The minimum Gasteiger partial charge on any atom is -0.422 e. The van der Waals surface area contributed by atoms with Crippen LogP contribution in [0.4, 0.5) is 5.69 Å². The number of rotatable bonds is 6. The van der Waals surface area contributed by atoms with Crippen LogP contribution in [0.1, 0.15) is 26.3 Å². The normalized spacial score (nSPS) is 10.6. The number of nitro groups is 1. The summed E-state index contributed by atoms with van der Waals surface area (Å²) in [4.78, 5) is 34.9. The third kappa shape index (κ3) is 5.36. The Bertz CT molecular complexity index is 1120. The molecule has 30 heavy (non-hydrogen) atoms. The van der Waals surface area contributed by atoms with Crippen LogP contribution in [0.2, 0.25) is 0 Å². The fraction of sp³-hybridized carbons (Fsp3) is 0. The van der Waals surface area contributed by atoms with Crippen molar-refractivity contribution >= 4 is 39.7 Å². The maximum Gasteiger partial charge on any atom is 0.343 e. The number of hydrogen-bond donors (Lipinski definition) is 1. The molecule has 8 nitrogen and oxygen atoms in total. The maximum absolute atomic E-state index is 12.3. The van der Waals surface area contributed by atoms with E-state index in [1.165, 1.54) is 24.4 Å². The molecule has 0 aliphatic heterocycles. The molecule has 0 aromatic heterocycles. The third-order valence-corrected chi connectivity index (χ3v) is 4.42. The lowest BCUT2D eigenvalue weighted by molar-refractivity contribution is -0.384. The fourth-order valence-corrected chi connectivity index (χ4v) is 2.67. The van der Waals surface area contributed by atoms with Crippen molar-refractivity contribution in [2.24, 2.45) is 5.10 Å². The molecule has 0 unspecified atom stereocenters. The summed E-state index contributed by atoms with van der Waals surface area (Å²) in [7, 11) is 0. The zero-order valence-corrected chi connectivity index (χ0v) is 16.9. The number of carbonyl (C=O) groups excluding carboxylic acids is 2. The summed E-state index contributed by atoms with van der Waals surface area (Å²) in [5.74, 6) is -1.03. The van der Waals surface area contributed by atoms with Crippen LogP contribution in [0, 0.1) is 10.1 Å². The van der Waals surface area contributed by atoms with E-state index in [0.29, 0.717) is 11.1 Å². The summed E-state index contributed by atoms with van der Waals surface area (Å²) in [6.07, 6.45) is 1.18. The molecule has 1 amide bonds. The van der Waals surface area contributed by atoms with Gasteiger partial charge in [-0.05, 0) is 42.5 Å². The highest BCUT2D eigenvalue weighted by Crippen LogP contribution is 2.24. The molecular formula is C21H14BrN3O5. The highest BCUT2D eigenvalue weighted by molar-refractivity contribution is 9.10. The number of esters is 1. The first-order chi connectivity index (χ1) is 14.4. The molecule has 3 aromatic rings. The molecule has 0 atom stereocenters. The molecule has 9 heteroatoms. The molecule has 1 N–H and O–H groups in total. The molecule has 0 spiro atoms. The smallest absolute Gasteiger partial charge is 0.343 e. The van der Waals surface area contributed by atoms with Crippen molar-refractivity contribution in [2.45, 2.75) is 0 Å². The Kier molecular flexibility index (Phi) is 6.66. The largest absolute Gasteiger partial charge is 0.422 e. The van der Waals surface area contributed by atoms with Gasteiger partial charge in [-0.2, -0.15) is 5.10 Å². The lowest BCUT2D eigenvalue weighted by Crippen LogP contribution is -2.17. The van der Waals surface area contributed by atoms with Crippen molar-refractivity contribution in [3.63, 3.8) is 0 Å². The molecule has 0 heterocycles. The van der Waals surface area contributed by atoms with Gasteiger partial charge in [-0.25, -0.2) is 10.2 Å². The summed E-state index contributed by atoms with van der Waals surface area (Å²) in [6, 6.07) is 18.6. The van der Waals surface area contributed by atoms with Gasteiger partial charge in [-0.15, -0.1) is 0 Å². The van der Waals surface area contributed by atoms with Crippen molar-refractivity contribution in [1.82, 2.24) is 5.43 Å². The molecule has 3 aromatic carbocycles. The van der Waals surface area contributed by atoms with E-state index in [1.807, 2.05) is 0 Å². The number of non-ortho nitro benzene ring substituents is 1. The maximum atomic E-state index is 12.3. The molecule has 0 saturated heterocycles. The van der Waals surface area contributed by atoms with Gasteiger partial charge in [0.15, 0.2) is 0 Å². The summed E-state index contributed by atoms with van der Waals surface area (Å²) >= 11 is 3.28. The van der Waals surface area contributed by atoms with Gasteiger partial charge in [0.05, 0.1) is 16.7 Å². The number of hydrazone groups is 1. The lowest BCUT2D eigenvalue weighted by atomic mass is 10.2. The Labute approximate surface area is 179 Å². The molecule has 0 radical (unpaired) electrons. The van der Waals surface area contributed by atoms with Crippen LogP contribution in [-0.2, 0) is 0 Å². The van der Waals surface area contributed by atoms with Crippen LogP contribution >= 0.6 is 15.9 Å². The number of hydrogen-bond acceptors (Lipinski definition) is 6. The van der Waals surface area contributed by atoms with E-state index in [1.54, 1.807) is 54.6 Å². The number of amides is 1. The van der Waals surface area contributed by atoms with Gasteiger partial charge in [-0.1, -0.05) is 34.1 Å². The van der Waals surface area contributed by atoms with E-state index < -0.39 is 16.8 Å². The van der Waals surface area contributed by atoms with Crippen LogP contribution in [0.3, 0.4) is 0 Å². The Balaban J connectivity index is 1.80. The van der Waals surface area contributed by atoms with Gasteiger partial charge in [0.2, 0.25) is 0 Å². The Morgan fingerprint density at radius 3 is 2.37 bits per heavy atom. The third-order valence-electron chi connectivity index (χ3n) is 3.89. The minimum absolute atomic E-state index is 0.0658. The average molecular weight is 468 g/mol. The number of benzene rings is 3. The van der Waals surface area contributed by atoms with Crippen molar-refractivity contribution in [3.8, 4) is 5.75 Å². The molecule has 0 saturated carbocycles. The number of carbonyl (C=O) groups is 2. The molecule has 0 bridgehead atoms. The van der Waals surface area contributed by atoms with E-state index in [0.717, 1.165) is 4.47 Å². The first kappa shape index (κ1) is 20.9. The van der Waals surface area contributed by atoms with Crippen LogP contribution in [0.5, 0.6) is 5.75 Å². The first-order valence-electron chi connectivity index (χ1n) is 8.58. The number of nitrogens with zero attached hydrogens (tertiary/aromatic N) is 2. The molecule has 3 rings (SSSR count). The summed E-state index contributed by atoms with van der Waals surface area (Å²) in [5, 5.41) is 14.9. The predicted octanol–water partition coefficient (Wildman–Crippen LogP) is 4.34. The van der Waals surface area contributed by atoms with E-state index in [2.05, 4.69) is 26.5 Å². The van der Waals surface area contributed by atoms with Gasteiger partial charge in [0.25, 0.3) is 11.6 Å². The fourth-order valence-electron chi connectivity index (χ4n) is 2.40. The van der Waals surface area contributed by atoms with Crippen molar-refractivity contribution in [2.75, 3.05) is 0 Å². The quantitative estimate of drug-likeness (QED) is 0.190.